The molecule has 0 aromatic heterocycles. The Hall–Kier alpha value is -2.37. The van der Waals surface area contributed by atoms with Crippen molar-refractivity contribution in [1.29, 1.82) is 0 Å². The monoisotopic (exact) mass is 346 g/mol. The molecular weight excluding hydrogens is 324 g/mol. The van der Waals surface area contributed by atoms with Crippen molar-refractivity contribution in [3.63, 3.8) is 0 Å². The minimum Gasteiger partial charge on any atom is -0.463 e. The number of carbonyl (C=O) groups excluding carboxylic acids is 3. The van der Waals surface area contributed by atoms with Gasteiger partial charge in [-0.05, 0) is 25.0 Å². The van der Waals surface area contributed by atoms with Gasteiger partial charge in [-0.2, -0.15) is 0 Å². The number of unbranched alkanes of at least 4 members (excludes halogenated alkanes) is 2. The van der Waals surface area contributed by atoms with Crippen LogP contribution in [-0.4, -0.2) is 37.2 Å². The zero-order valence-electron chi connectivity index (χ0n) is 14.2. The van der Waals surface area contributed by atoms with Gasteiger partial charge in [0, 0.05) is 13.8 Å². The zero-order chi connectivity index (χ0) is 18.7. The van der Waals surface area contributed by atoms with Gasteiger partial charge in [-0.3, -0.25) is 0 Å². The number of rotatable bonds is 10. The maximum absolute atomic E-state index is 12.4. The minimum absolute atomic E-state index is 0.0115. The molecule has 0 fully saturated rings. The van der Waals surface area contributed by atoms with Crippen LogP contribution in [0.3, 0.4) is 0 Å². The summed E-state index contributed by atoms with van der Waals surface area (Å²) in [4.78, 5) is 36.2. The summed E-state index contributed by atoms with van der Waals surface area (Å²) in [5.41, 5.74) is -0.000518. The molecule has 0 aliphatic heterocycles. The third kappa shape index (κ3) is 6.57. The van der Waals surface area contributed by atoms with E-state index in [-0.39, 0.29) is 24.3 Å². The van der Waals surface area contributed by atoms with Gasteiger partial charge in [-0.25, -0.2) is 14.4 Å². The van der Waals surface area contributed by atoms with Crippen LogP contribution in [0.15, 0.2) is 24.3 Å². The molecule has 1 rings (SSSR count). The van der Waals surface area contributed by atoms with E-state index >= 15 is 0 Å². The molecule has 6 nitrogen and oxygen atoms in total. The lowest BCUT2D eigenvalue weighted by molar-refractivity contribution is -0.153. The molecule has 1 atom stereocenters. The highest BCUT2D eigenvalue weighted by atomic mass is 16.6. The second kappa shape index (κ2) is 11.2. The molecule has 0 saturated heterocycles. The van der Waals surface area contributed by atoms with Crippen LogP contribution < -0.4 is 0 Å². The Kier molecular flexibility index (Phi) is 9.29. The number of carbonyl (C=O) groups is 3. The molecule has 1 aromatic carbocycles. The molecule has 0 amide bonds. The first kappa shape index (κ1) is 20.7. The van der Waals surface area contributed by atoms with Crippen LogP contribution in [0.25, 0.3) is 0 Å². The van der Waals surface area contributed by atoms with Crippen molar-refractivity contribution in [3.05, 3.63) is 49.2 Å². The molecule has 134 valence electrons. The highest BCUT2D eigenvalue weighted by molar-refractivity contribution is 6.03. The molecule has 0 saturated carbocycles. The first-order valence-electron chi connectivity index (χ1n) is 8.09. The third-order valence-corrected chi connectivity index (χ3v) is 3.39. The van der Waals surface area contributed by atoms with E-state index in [0.29, 0.717) is 12.8 Å². The summed E-state index contributed by atoms with van der Waals surface area (Å²) in [7, 11) is 0. The van der Waals surface area contributed by atoms with E-state index in [1.807, 2.05) is 6.92 Å². The van der Waals surface area contributed by atoms with Crippen molar-refractivity contribution in [1.82, 2.24) is 0 Å². The standard InChI is InChI=1S/C19H22O6/c1-4-7-8-13-16(19(22)24-6-3)25-18(21)15-12-10-9-11-14(15)17(20)23-5-2/h2-3,9-12,16H,4-8,13H2,1H3. The lowest BCUT2D eigenvalue weighted by atomic mass is 10.1. The van der Waals surface area contributed by atoms with E-state index in [0.717, 1.165) is 12.8 Å². The van der Waals surface area contributed by atoms with Crippen molar-refractivity contribution in [2.45, 2.75) is 38.7 Å². The van der Waals surface area contributed by atoms with E-state index in [9.17, 15) is 14.4 Å². The van der Waals surface area contributed by atoms with Gasteiger partial charge in [-0.15, -0.1) is 0 Å². The fraction of sp³-hybridized carbons (Fsp3) is 0.421. The Balaban J connectivity index is 2.92. The molecule has 0 bridgehead atoms. The summed E-state index contributed by atoms with van der Waals surface area (Å²) in [6, 6.07) is 5.97. The van der Waals surface area contributed by atoms with Crippen molar-refractivity contribution < 1.29 is 28.6 Å². The summed E-state index contributed by atoms with van der Waals surface area (Å²) in [5, 5.41) is 0. The Morgan fingerprint density at radius 1 is 0.960 bits per heavy atom. The molecule has 25 heavy (non-hydrogen) atoms. The van der Waals surface area contributed by atoms with Crippen molar-refractivity contribution >= 4 is 17.9 Å². The number of ether oxygens (including phenoxy) is 3. The smallest absolute Gasteiger partial charge is 0.347 e. The molecule has 4 radical (unpaired) electrons. The first-order chi connectivity index (χ1) is 12.0. The highest BCUT2D eigenvalue weighted by Crippen LogP contribution is 2.16. The fourth-order valence-corrected chi connectivity index (χ4v) is 2.16. The number of benzene rings is 1. The van der Waals surface area contributed by atoms with Gasteiger partial charge in [0.15, 0.2) is 6.10 Å². The predicted molar refractivity (Wildman–Crippen MR) is 89.6 cm³/mol. The third-order valence-electron chi connectivity index (χ3n) is 3.39. The fourth-order valence-electron chi connectivity index (χ4n) is 2.16. The summed E-state index contributed by atoms with van der Waals surface area (Å²) < 4.78 is 14.7. The maximum atomic E-state index is 12.4. The molecule has 0 spiro atoms. The Morgan fingerprint density at radius 3 is 2.12 bits per heavy atom. The van der Waals surface area contributed by atoms with Gasteiger partial charge < -0.3 is 14.2 Å². The van der Waals surface area contributed by atoms with E-state index in [1.165, 1.54) is 12.1 Å². The summed E-state index contributed by atoms with van der Waals surface area (Å²) in [5.74, 6) is -2.28. The summed E-state index contributed by atoms with van der Waals surface area (Å²) >= 11 is 0. The van der Waals surface area contributed by atoms with Crippen LogP contribution in [0.1, 0.15) is 53.3 Å². The highest BCUT2D eigenvalue weighted by Gasteiger charge is 2.27. The van der Waals surface area contributed by atoms with Gasteiger partial charge in [0.1, 0.15) is 0 Å². The van der Waals surface area contributed by atoms with E-state index in [2.05, 4.69) is 0 Å². The van der Waals surface area contributed by atoms with Gasteiger partial charge >= 0.3 is 17.9 Å². The SMILES string of the molecule is [CH]COC(=O)c1ccccc1C(=O)OC(CCCCC)C(=O)OC[CH]. The van der Waals surface area contributed by atoms with Crippen molar-refractivity contribution in [2.75, 3.05) is 13.2 Å². The number of hydrogen-bond acceptors (Lipinski definition) is 6. The number of esters is 3. The predicted octanol–water partition coefficient (Wildman–Crippen LogP) is 2.91. The minimum atomic E-state index is -1.08. The van der Waals surface area contributed by atoms with Crippen molar-refractivity contribution in [3.8, 4) is 0 Å². The molecule has 0 aliphatic rings. The maximum Gasteiger partial charge on any atom is 0.347 e. The second-order valence-electron chi connectivity index (χ2n) is 5.16. The Labute approximate surface area is 148 Å². The Morgan fingerprint density at radius 2 is 1.56 bits per heavy atom. The molecule has 0 aliphatic carbocycles. The molecule has 0 N–H and O–H groups in total. The van der Waals surface area contributed by atoms with Crippen LogP contribution in [0.5, 0.6) is 0 Å². The van der Waals surface area contributed by atoms with Gasteiger partial charge in [0.25, 0.3) is 0 Å². The molecule has 6 heteroatoms. The molecule has 1 aromatic rings. The molecule has 0 heterocycles. The average Bonchev–Trinajstić information content (AvgIpc) is 2.61. The van der Waals surface area contributed by atoms with Crippen LogP contribution in [0.4, 0.5) is 0 Å². The van der Waals surface area contributed by atoms with Crippen LogP contribution in [0.2, 0.25) is 0 Å². The Bertz CT molecular complexity index is 581. The molecular formula is C19H22O6. The van der Waals surface area contributed by atoms with Crippen LogP contribution in [-0.2, 0) is 19.0 Å². The zero-order valence-corrected chi connectivity index (χ0v) is 14.2. The average molecular weight is 346 g/mol. The van der Waals surface area contributed by atoms with Gasteiger partial charge in [-0.1, -0.05) is 31.9 Å². The second-order valence-corrected chi connectivity index (χ2v) is 5.16. The van der Waals surface area contributed by atoms with Gasteiger partial charge in [0.2, 0.25) is 0 Å². The first-order valence-corrected chi connectivity index (χ1v) is 8.09. The normalized spacial score (nSPS) is 11.5. The van der Waals surface area contributed by atoms with Crippen LogP contribution in [0, 0.1) is 13.8 Å². The van der Waals surface area contributed by atoms with Gasteiger partial charge in [0.05, 0.1) is 24.3 Å². The topological polar surface area (TPSA) is 78.9 Å². The lowest BCUT2D eigenvalue weighted by Crippen LogP contribution is -2.30. The van der Waals surface area contributed by atoms with Crippen LogP contribution >= 0.6 is 0 Å². The summed E-state index contributed by atoms with van der Waals surface area (Å²) in [6.07, 6.45) is 1.74. The largest absolute Gasteiger partial charge is 0.463 e. The molecule has 1 unspecified atom stereocenters. The van der Waals surface area contributed by atoms with E-state index < -0.39 is 24.0 Å². The quantitative estimate of drug-likeness (QED) is 0.368. The number of hydrogen-bond donors (Lipinski definition) is 0. The lowest BCUT2D eigenvalue weighted by Gasteiger charge is -2.17. The van der Waals surface area contributed by atoms with Crippen molar-refractivity contribution in [2.24, 2.45) is 0 Å². The van der Waals surface area contributed by atoms with E-state index in [1.54, 1.807) is 12.1 Å². The summed E-state index contributed by atoms with van der Waals surface area (Å²) in [6.45, 7) is 11.8. The van der Waals surface area contributed by atoms with E-state index in [4.69, 9.17) is 28.1 Å².